The molecule has 1 aliphatic rings. The fourth-order valence-electron chi connectivity index (χ4n) is 2.74. The predicted octanol–water partition coefficient (Wildman–Crippen LogP) is 4.71. The van der Waals surface area contributed by atoms with E-state index in [9.17, 15) is 4.79 Å². The Labute approximate surface area is 144 Å². The molecule has 0 spiro atoms. The largest absolute Gasteiger partial charge is 0.486 e. The number of hydrogen-bond donors (Lipinski definition) is 0. The van der Waals surface area contributed by atoms with Crippen LogP contribution in [0.15, 0.2) is 57.8 Å². The van der Waals surface area contributed by atoms with Gasteiger partial charge in [0.15, 0.2) is 5.75 Å². The van der Waals surface area contributed by atoms with Crippen LogP contribution in [0.3, 0.4) is 0 Å². The van der Waals surface area contributed by atoms with Gasteiger partial charge in [0.05, 0.1) is 10.6 Å². The van der Waals surface area contributed by atoms with Crippen molar-refractivity contribution in [3.63, 3.8) is 0 Å². The molecule has 1 aliphatic carbocycles. The summed E-state index contributed by atoms with van der Waals surface area (Å²) in [5.74, 6) is 0.807. The molecule has 23 heavy (non-hydrogen) atoms. The smallest absolute Gasteiger partial charge is 0.238 e. The molecule has 3 rings (SSSR count). The molecule has 2 aromatic rings. The normalized spacial score (nSPS) is 14.7. The lowest BCUT2D eigenvalue weighted by molar-refractivity contribution is 0.193. The molecule has 3 nitrogen and oxygen atoms in total. The molecule has 0 unspecified atom stereocenters. The molecule has 2 aromatic carbocycles. The Morgan fingerprint density at radius 3 is 2.48 bits per heavy atom. The Hall–Kier alpha value is -1.81. The molecule has 0 radical (unpaired) electrons. The van der Waals surface area contributed by atoms with Gasteiger partial charge in [-0.05, 0) is 59.3 Å². The average molecular weight is 375 g/mol. The predicted molar refractivity (Wildman–Crippen MR) is 94.1 cm³/mol. The molecule has 120 valence electrons. The van der Waals surface area contributed by atoms with Gasteiger partial charge in [0, 0.05) is 0 Å². The van der Waals surface area contributed by atoms with Crippen molar-refractivity contribution in [1.29, 1.82) is 0 Å². The second kappa shape index (κ2) is 7.64. The van der Waals surface area contributed by atoms with E-state index in [2.05, 4.69) is 15.9 Å². The third kappa shape index (κ3) is 4.14. The van der Waals surface area contributed by atoms with Crippen LogP contribution in [0.2, 0.25) is 0 Å². The van der Waals surface area contributed by atoms with Gasteiger partial charge < -0.3 is 9.47 Å². The summed E-state index contributed by atoms with van der Waals surface area (Å²) in [4.78, 5) is 12.5. The molecule has 1 saturated carbocycles. The standard InChI is InChI=1S/C19H19BrO3/c20-16-11-6-12-17(23-15-9-4-5-10-15)19(18(16)21)22-13-14-7-2-1-3-8-14/h1-3,6-8,11-12,15H,4-5,9-10,13H2. The summed E-state index contributed by atoms with van der Waals surface area (Å²) in [5.41, 5.74) is 0.834. The first-order valence-corrected chi connectivity index (χ1v) is 8.69. The summed E-state index contributed by atoms with van der Waals surface area (Å²) < 4.78 is 12.4. The second-order valence-corrected chi connectivity index (χ2v) is 6.55. The fraction of sp³-hybridized carbons (Fsp3) is 0.316. The van der Waals surface area contributed by atoms with Crippen molar-refractivity contribution in [2.45, 2.75) is 38.4 Å². The lowest BCUT2D eigenvalue weighted by atomic mass is 10.2. The number of ether oxygens (including phenoxy) is 2. The molecule has 0 bridgehead atoms. The molecule has 4 heteroatoms. The average Bonchev–Trinajstić information content (AvgIpc) is 3.04. The third-order valence-electron chi connectivity index (χ3n) is 3.96. The zero-order valence-electron chi connectivity index (χ0n) is 12.8. The van der Waals surface area contributed by atoms with Crippen molar-refractivity contribution >= 4 is 15.9 Å². The Morgan fingerprint density at radius 1 is 1.00 bits per heavy atom. The van der Waals surface area contributed by atoms with Gasteiger partial charge in [-0.1, -0.05) is 36.4 Å². The number of benzene rings is 1. The van der Waals surface area contributed by atoms with Gasteiger partial charge in [-0.2, -0.15) is 0 Å². The molecular formula is C19H19BrO3. The molecule has 0 aliphatic heterocycles. The van der Waals surface area contributed by atoms with E-state index >= 15 is 0 Å². The van der Waals surface area contributed by atoms with Crippen LogP contribution in [0.1, 0.15) is 31.2 Å². The van der Waals surface area contributed by atoms with Crippen molar-refractivity contribution in [3.8, 4) is 11.5 Å². The summed E-state index contributed by atoms with van der Waals surface area (Å²) in [5, 5.41) is 0. The minimum Gasteiger partial charge on any atom is -0.486 e. The van der Waals surface area contributed by atoms with E-state index in [0.717, 1.165) is 18.4 Å². The highest BCUT2D eigenvalue weighted by Gasteiger charge is 2.20. The Morgan fingerprint density at radius 2 is 1.74 bits per heavy atom. The minimum atomic E-state index is -0.182. The highest BCUT2D eigenvalue weighted by Crippen LogP contribution is 2.30. The molecule has 0 N–H and O–H groups in total. The number of hydrogen-bond acceptors (Lipinski definition) is 3. The van der Waals surface area contributed by atoms with E-state index in [-0.39, 0.29) is 17.3 Å². The zero-order valence-corrected chi connectivity index (χ0v) is 14.4. The molecule has 0 amide bonds. The first-order chi connectivity index (χ1) is 11.2. The van der Waals surface area contributed by atoms with Crippen LogP contribution >= 0.6 is 15.9 Å². The Balaban J connectivity index is 1.87. The van der Waals surface area contributed by atoms with Gasteiger partial charge in [-0.15, -0.1) is 0 Å². The zero-order chi connectivity index (χ0) is 16.1. The van der Waals surface area contributed by atoms with E-state index in [1.165, 1.54) is 12.8 Å². The molecule has 0 saturated heterocycles. The van der Waals surface area contributed by atoms with Crippen molar-refractivity contribution < 1.29 is 9.47 Å². The van der Waals surface area contributed by atoms with E-state index < -0.39 is 0 Å². The maximum absolute atomic E-state index is 12.5. The van der Waals surface area contributed by atoms with Crippen LogP contribution in [0.25, 0.3) is 0 Å². The maximum atomic E-state index is 12.5. The van der Waals surface area contributed by atoms with Gasteiger partial charge in [-0.3, -0.25) is 4.79 Å². The molecule has 0 heterocycles. The van der Waals surface area contributed by atoms with Crippen LogP contribution in [-0.4, -0.2) is 6.10 Å². The van der Waals surface area contributed by atoms with Crippen molar-refractivity contribution in [3.05, 3.63) is 68.8 Å². The monoisotopic (exact) mass is 374 g/mol. The van der Waals surface area contributed by atoms with Gasteiger partial charge in [0.1, 0.15) is 6.61 Å². The molecule has 1 fully saturated rings. The maximum Gasteiger partial charge on any atom is 0.238 e. The number of halogens is 1. The van der Waals surface area contributed by atoms with Crippen LogP contribution in [0, 0.1) is 0 Å². The number of rotatable bonds is 5. The van der Waals surface area contributed by atoms with E-state index in [1.807, 2.05) is 42.5 Å². The quantitative estimate of drug-likeness (QED) is 0.759. The summed E-state index contributed by atoms with van der Waals surface area (Å²) in [6, 6.07) is 15.1. The van der Waals surface area contributed by atoms with E-state index in [4.69, 9.17) is 9.47 Å². The minimum absolute atomic E-state index is 0.176. The third-order valence-corrected chi connectivity index (χ3v) is 4.58. The van der Waals surface area contributed by atoms with Gasteiger partial charge >= 0.3 is 0 Å². The van der Waals surface area contributed by atoms with Crippen molar-refractivity contribution in [2.75, 3.05) is 0 Å². The molecule has 0 aromatic heterocycles. The lowest BCUT2D eigenvalue weighted by Gasteiger charge is -2.15. The van der Waals surface area contributed by atoms with Gasteiger partial charge in [0.2, 0.25) is 11.2 Å². The van der Waals surface area contributed by atoms with Crippen LogP contribution in [-0.2, 0) is 6.61 Å². The highest BCUT2D eigenvalue weighted by atomic mass is 79.9. The van der Waals surface area contributed by atoms with E-state index in [0.29, 0.717) is 16.8 Å². The van der Waals surface area contributed by atoms with Crippen molar-refractivity contribution in [1.82, 2.24) is 0 Å². The fourth-order valence-corrected chi connectivity index (χ4v) is 3.07. The van der Waals surface area contributed by atoms with Crippen LogP contribution in [0.5, 0.6) is 11.5 Å². The van der Waals surface area contributed by atoms with E-state index in [1.54, 1.807) is 6.07 Å². The summed E-state index contributed by atoms with van der Waals surface area (Å²) in [6.07, 6.45) is 4.60. The topological polar surface area (TPSA) is 35.5 Å². The van der Waals surface area contributed by atoms with Crippen LogP contribution < -0.4 is 14.9 Å². The Kier molecular flexibility index (Phi) is 5.34. The first-order valence-electron chi connectivity index (χ1n) is 7.90. The second-order valence-electron chi connectivity index (χ2n) is 5.69. The summed E-state index contributed by atoms with van der Waals surface area (Å²) >= 11 is 3.30. The lowest BCUT2D eigenvalue weighted by Crippen LogP contribution is -2.14. The van der Waals surface area contributed by atoms with Gasteiger partial charge in [-0.25, -0.2) is 0 Å². The highest BCUT2D eigenvalue weighted by molar-refractivity contribution is 9.10. The summed E-state index contributed by atoms with van der Waals surface area (Å²) in [6.45, 7) is 0.341. The molecular weight excluding hydrogens is 356 g/mol. The van der Waals surface area contributed by atoms with Gasteiger partial charge in [0.25, 0.3) is 0 Å². The Bertz CT molecular complexity index is 709. The SMILES string of the molecule is O=c1c(Br)cccc(OC2CCCC2)c1OCc1ccccc1. The summed E-state index contributed by atoms with van der Waals surface area (Å²) in [7, 11) is 0. The molecule has 0 atom stereocenters. The van der Waals surface area contributed by atoms with Crippen molar-refractivity contribution in [2.24, 2.45) is 0 Å². The van der Waals surface area contributed by atoms with Crippen LogP contribution in [0.4, 0.5) is 0 Å². The first kappa shape index (κ1) is 16.1.